The molecule has 0 aliphatic heterocycles. The standard InChI is InChI=1S/C16H31N5O9S/c1-16(2,3)30-14(22)4-7-26-10-12-28-13-11-27-8-6-19-31(24,25)20-15(23)29-9-5-18-21-17/h19H,4-13H2,1-3H3,(H,20,23). The van der Waals surface area contributed by atoms with Crippen molar-refractivity contribution in [2.75, 3.05) is 59.3 Å². The molecule has 0 fully saturated rings. The highest BCUT2D eigenvalue weighted by Gasteiger charge is 2.16. The summed E-state index contributed by atoms with van der Waals surface area (Å²) in [5, 5.41) is 3.13. The highest BCUT2D eigenvalue weighted by atomic mass is 32.2. The Morgan fingerprint density at radius 1 is 0.968 bits per heavy atom. The van der Waals surface area contributed by atoms with Gasteiger partial charge >= 0.3 is 22.3 Å². The summed E-state index contributed by atoms with van der Waals surface area (Å²) >= 11 is 0. The quantitative estimate of drug-likeness (QED) is 0.101. The molecule has 1 amide bonds. The van der Waals surface area contributed by atoms with Gasteiger partial charge in [0.05, 0.1) is 59.2 Å². The highest BCUT2D eigenvalue weighted by Crippen LogP contribution is 2.07. The molecule has 0 spiro atoms. The van der Waals surface area contributed by atoms with Crippen molar-refractivity contribution in [3.63, 3.8) is 0 Å². The van der Waals surface area contributed by atoms with Gasteiger partial charge in [0, 0.05) is 11.5 Å². The van der Waals surface area contributed by atoms with Crippen LogP contribution in [0.15, 0.2) is 5.11 Å². The first-order chi connectivity index (χ1) is 14.6. The zero-order valence-corrected chi connectivity index (χ0v) is 18.8. The highest BCUT2D eigenvalue weighted by molar-refractivity contribution is 7.88. The zero-order chi connectivity index (χ0) is 23.6. The topological polar surface area (TPSA) is 187 Å². The van der Waals surface area contributed by atoms with Gasteiger partial charge < -0.3 is 23.7 Å². The molecule has 0 saturated carbocycles. The minimum Gasteiger partial charge on any atom is -0.460 e. The third-order valence-electron chi connectivity index (χ3n) is 2.86. The number of carbonyl (C=O) groups is 2. The first-order valence-corrected chi connectivity index (χ1v) is 10.9. The first kappa shape index (κ1) is 28.8. The molecule has 0 heterocycles. The molecular weight excluding hydrogens is 438 g/mol. The van der Waals surface area contributed by atoms with E-state index >= 15 is 0 Å². The molecule has 0 rings (SSSR count). The van der Waals surface area contributed by atoms with Gasteiger partial charge in [0.15, 0.2) is 0 Å². The summed E-state index contributed by atoms with van der Waals surface area (Å²) in [6.07, 6.45) is -1.03. The van der Waals surface area contributed by atoms with Gasteiger partial charge in [-0.15, -0.1) is 0 Å². The molecule has 2 N–H and O–H groups in total. The monoisotopic (exact) mass is 469 g/mol. The molecule has 15 heteroatoms. The average Bonchev–Trinajstić information content (AvgIpc) is 2.64. The van der Waals surface area contributed by atoms with Crippen LogP contribution in [0.4, 0.5) is 4.79 Å². The van der Waals surface area contributed by atoms with E-state index in [1.807, 2.05) is 0 Å². The van der Waals surface area contributed by atoms with Crippen molar-refractivity contribution in [1.82, 2.24) is 9.44 Å². The number of hydrogen-bond acceptors (Lipinski definition) is 10. The van der Waals surface area contributed by atoms with E-state index in [-0.39, 0.29) is 58.5 Å². The summed E-state index contributed by atoms with van der Waals surface area (Å²) in [6, 6.07) is 0. The van der Waals surface area contributed by atoms with Crippen LogP contribution >= 0.6 is 0 Å². The summed E-state index contributed by atoms with van der Waals surface area (Å²) in [5.41, 5.74) is 7.54. The minimum atomic E-state index is -4.09. The lowest BCUT2D eigenvalue weighted by Crippen LogP contribution is -2.42. The van der Waals surface area contributed by atoms with Gasteiger partial charge in [-0.1, -0.05) is 5.11 Å². The Balaban J connectivity index is 3.55. The average molecular weight is 470 g/mol. The lowest BCUT2D eigenvalue weighted by Gasteiger charge is -2.19. The molecule has 0 aromatic heterocycles. The molecule has 31 heavy (non-hydrogen) atoms. The number of carbonyl (C=O) groups excluding carboxylic acids is 2. The molecule has 180 valence electrons. The van der Waals surface area contributed by atoms with Crippen molar-refractivity contribution in [1.29, 1.82) is 0 Å². The molecule has 14 nitrogen and oxygen atoms in total. The first-order valence-electron chi connectivity index (χ1n) is 9.46. The summed E-state index contributed by atoms with van der Waals surface area (Å²) in [7, 11) is -4.09. The van der Waals surface area contributed by atoms with Crippen molar-refractivity contribution >= 4 is 22.3 Å². The van der Waals surface area contributed by atoms with Crippen LogP contribution in [-0.4, -0.2) is 85.4 Å². The lowest BCUT2D eigenvalue weighted by atomic mass is 10.2. The maximum atomic E-state index is 11.6. The predicted molar refractivity (Wildman–Crippen MR) is 108 cm³/mol. The summed E-state index contributed by atoms with van der Waals surface area (Å²) in [5.74, 6) is -0.324. The molecule has 0 aromatic rings. The largest absolute Gasteiger partial charge is 0.460 e. The number of esters is 1. The molecule has 0 aromatic carbocycles. The van der Waals surface area contributed by atoms with Crippen LogP contribution in [0.2, 0.25) is 0 Å². The van der Waals surface area contributed by atoms with Crippen LogP contribution in [-0.2, 0) is 38.7 Å². The maximum Gasteiger partial charge on any atom is 0.421 e. The van der Waals surface area contributed by atoms with Crippen molar-refractivity contribution in [2.24, 2.45) is 5.11 Å². The van der Waals surface area contributed by atoms with Crippen molar-refractivity contribution < 1.29 is 41.7 Å². The van der Waals surface area contributed by atoms with E-state index in [1.54, 1.807) is 25.5 Å². The summed E-state index contributed by atoms with van der Waals surface area (Å²) < 4.78 is 52.2. The zero-order valence-electron chi connectivity index (χ0n) is 18.0. The lowest BCUT2D eigenvalue weighted by molar-refractivity contribution is -0.156. The van der Waals surface area contributed by atoms with E-state index in [0.717, 1.165) is 0 Å². The van der Waals surface area contributed by atoms with Crippen LogP contribution in [0.5, 0.6) is 0 Å². The SMILES string of the molecule is CC(C)(C)OC(=O)CCOCCOCCOCCNS(=O)(=O)NC(=O)OCCN=[N+]=[N-]. The number of nitrogens with one attached hydrogen (secondary N) is 2. The number of nitrogens with zero attached hydrogens (tertiary/aromatic N) is 3. The normalized spacial score (nSPS) is 11.5. The molecule has 0 aliphatic carbocycles. The van der Waals surface area contributed by atoms with Gasteiger partial charge in [-0.05, 0) is 26.3 Å². The maximum absolute atomic E-state index is 11.6. The third kappa shape index (κ3) is 20.9. The minimum absolute atomic E-state index is 0.0581. The van der Waals surface area contributed by atoms with Crippen LogP contribution < -0.4 is 9.44 Å². The molecule has 0 bridgehead atoms. The van der Waals surface area contributed by atoms with Gasteiger partial charge in [0.2, 0.25) is 0 Å². The van der Waals surface area contributed by atoms with Gasteiger partial charge in [0.25, 0.3) is 0 Å². The summed E-state index contributed by atoms with van der Waals surface area (Å²) in [6.45, 7) is 6.39. The Labute approximate surface area is 181 Å². The smallest absolute Gasteiger partial charge is 0.421 e. The Morgan fingerprint density at radius 3 is 2.13 bits per heavy atom. The molecule has 0 unspecified atom stereocenters. The van der Waals surface area contributed by atoms with Crippen molar-refractivity contribution in [3.8, 4) is 0 Å². The van der Waals surface area contributed by atoms with Gasteiger partial charge in [0.1, 0.15) is 5.60 Å². The fraction of sp³-hybridized carbons (Fsp3) is 0.875. The third-order valence-corrected chi connectivity index (χ3v) is 3.88. The Hall–Kier alpha value is -2.16. The van der Waals surface area contributed by atoms with Gasteiger partial charge in [-0.2, -0.15) is 13.1 Å². The number of rotatable bonds is 17. The Morgan fingerprint density at radius 2 is 1.55 bits per heavy atom. The van der Waals surface area contributed by atoms with E-state index < -0.39 is 21.9 Å². The second-order valence-corrected chi connectivity index (χ2v) is 8.26. The van der Waals surface area contributed by atoms with E-state index in [0.29, 0.717) is 13.2 Å². The Bertz CT molecular complexity index is 675. The molecule has 0 radical (unpaired) electrons. The predicted octanol–water partition coefficient (Wildman–Crippen LogP) is 0.639. The van der Waals surface area contributed by atoms with E-state index in [4.69, 9.17) is 24.5 Å². The van der Waals surface area contributed by atoms with E-state index in [9.17, 15) is 18.0 Å². The molecular formula is C16H31N5O9S. The number of azide groups is 1. The number of amides is 1. The van der Waals surface area contributed by atoms with Gasteiger partial charge in [-0.3, -0.25) is 4.79 Å². The van der Waals surface area contributed by atoms with E-state index in [1.165, 1.54) is 0 Å². The molecule has 0 saturated heterocycles. The van der Waals surface area contributed by atoms with Crippen LogP contribution in [0, 0.1) is 0 Å². The van der Waals surface area contributed by atoms with Gasteiger partial charge in [-0.25, -0.2) is 9.52 Å². The second kappa shape index (κ2) is 16.5. The van der Waals surface area contributed by atoms with E-state index in [2.05, 4.69) is 19.5 Å². The van der Waals surface area contributed by atoms with Crippen LogP contribution in [0.3, 0.4) is 0 Å². The van der Waals surface area contributed by atoms with Crippen molar-refractivity contribution in [3.05, 3.63) is 10.4 Å². The number of hydrogen-bond donors (Lipinski definition) is 2. The fourth-order valence-electron chi connectivity index (χ4n) is 1.74. The molecule has 0 atom stereocenters. The van der Waals surface area contributed by atoms with Crippen molar-refractivity contribution in [2.45, 2.75) is 32.8 Å². The number of ether oxygens (including phenoxy) is 5. The van der Waals surface area contributed by atoms with Crippen LogP contribution in [0.25, 0.3) is 10.4 Å². The summed E-state index contributed by atoms with van der Waals surface area (Å²) in [4.78, 5) is 25.2. The Kier molecular flexibility index (Phi) is 15.4. The van der Waals surface area contributed by atoms with Crippen LogP contribution in [0.1, 0.15) is 27.2 Å². The second-order valence-electron chi connectivity index (χ2n) is 6.76. The molecule has 0 aliphatic rings. The fourth-order valence-corrected chi connectivity index (χ4v) is 2.44.